The number of hydrogen-bond acceptors (Lipinski definition) is 6. The Morgan fingerprint density at radius 3 is 1.64 bits per heavy atom. The van der Waals surface area contributed by atoms with Crippen LogP contribution in [0.15, 0.2) is 0 Å². The molecule has 0 aromatic heterocycles. The van der Waals surface area contributed by atoms with Crippen molar-refractivity contribution in [2.24, 2.45) is 0 Å². The molecule has 0 heterocycles. The first-order valence-electron chi connectivity index (χ1n) is 3.80. The molecule has 0 aliphatic heterocycles. The number of alkyl halides is 1. The maximum absolute atomic E-state index is 10.9. The summed E-state index contributed by atoms with van der Waals surface area (Å²) in [6.07, 6.45) is 0. The second-order valence-electron chi connectivity index (χ2n) is 1.87. The molecule has 0 bridgehead atoms. The van der Waals surface area contributed by atoms with E-state index in [9.17, 15) is 9.59 Å². The first kappa shape index (κ1) is 16.5. The molecule has 0 aliphatic rings. The van der Waals surface area contributed by atoms with Gasteiger partial charge in [0, 0.05) is 0 Å². The van der Waals surface area contributed by atoms with E-state index in [1.54, 1.807) is 13.8 Å². The summed E-state index contributed by atoms with van der Waals surface area (Å²) < 4.78 is 9.17. The molecule has 0 saturated carbocycles. The minimum atomic E-state index is -1.00. The van der Waals surface area contributed by atoms with Gasteiger partial charge >= 0.3 is 11.9 Å². The molecular weight excluding hydrogens is 292 g/mol. The molecule has 7 heteroatoms. The van der Waals surface area contributed by atoms with Crippen molar-refractivity contribution in [1.82, 2.24) is 0 Å². The van der Waals surface area contributed by atoms with Crippen molar-refractivity contribution in [1.29, 1.82) is 0 Å². The standard InChI is InChI=1S/C7H11BrO4.H2S2/c1-3-11-6(9)5(8)7(10)12-4-2;1-2/h5H,3-4H2,1-2H3;1-2H. The largest absolute Gasteiger partial charge is 0.465 e. The van der Waals surface area contributed by atoms with Gasteiger partial charge in [0.2, 0.25) is 4.83 Å². The number of carbonyl (C=O) groups excluding carboxylic acids is 2. The quantitative estimate of drug-likeness (QED) is 0.273. The molecule has 14 heavy (non-hydrogen) atoms. The van der Waals surface area contributed by atoms with Gasteiger partial charge in [-0.1, -0.05) is 15.9 Å². The van der Waals surface area contributed by atoms with Crippen molar-refractivity contribution >= 4 is 51.2 Å². The lowest BCUT2D eigenvalue weighted by Gasteiger charge is -2.07. The summed E-state index contributed by atoms with van der Waals surface area (Å²) in [5.41, 5.74) is 0. The molecule has 0 aliphatic carbocycles. The van der Waals surface area contributed by atoms with E-state index in [0.29, 0.717) is 0 Å². The van der Waals surface area contributed by atoms with Crippen molar-refractivity contribution in [2.75, 3.05) is 13.2 Å². The fourth-order valence-corrected chi connectivity index (χ4v) is 0.791. The minimum Gasteiger partial charge on any atom is -0.465 e. The molecular formula is C7H13BrO4S2. The van der Waals surface area contributed by atoms with Crippen LogP contribution >= 0.6 is 39.3 Å². The van der Waals surface area contributed by atoms with Gasteiger partial charge in [-0.05, 0) is 13.8 Å². The van der Waals surface area contributed by atoms with Crippen molar-refractivity contribution < 1.29 is 19.1 Å². The zero-order chi connectivity index (χ0) is 11.6. The smallest absolute Gasteiger partial charge is 0.331 e. The molecule has 0 amide bonds. The molecule has 84 valence electrons. The monoisotopic (exact) mass is 304 g/mol. The number of esters is 2. The summed E-state index contributed by atoms with van der Waals surface area (Å²) in [5, 5.41) is 0. The lowest BCUT2D eigenvalue weighted by atomic mass is 10.4. The van der Waals surface area contributed by atoms with Crippen molar-refractivity contribution in [3.05, 3.63) is 0 Å². The van der Waals surface area contributed by atoms with Crippen LogP contribution in [0, 0.1) is 0 Å². The molecule has 0 spiro atoms. The van der Waals surface area contributed by atoms with E-state index in [0.717, 1.165) is 0 Å². The Hall–Kier alpha value is 0.120. The van der Waals surface area contributed by atoms with E-state index in [4.69, 9.17) is 0 Å². The van der Waals surface area contributed by atoms with Crippen LogP contribution in [0.5, 0.6) is 0 Å². The van der Waals surface area contributed by atoms with Crippen LogP contribution in [-0.4, -0.2) is 30.0 Å². The Kier molecular flexibility index (Phi) is 13.2. The Morgan fingerprint density at radius 1 is 1.14 bits per heavy atom. The summed E-state index contributed by atoms with van der Waals surface area (Å²) in [5.74, 6) is -1.23. The van der Waals surface area contributed by atoms with Gasteiger partial charge in [0.15, 0.2) is 0 Å². The average molecular weight is 305 g/mol. The van der Waals surface area contributed by atoms with Crippen LogP contribution in [0.25, 0.3) is 0 Å². The number of halogens is 1. The average Bonchev–Trinajstić information content (AvgIpc) is 2.20. The third-order valence-electron chi connectivity index (χ3n) is 0.987. The van der Waals surface area contributed by atoms with Crippen molar-refractivity contribution in [3.8, 4) is 0 Å². The molecule has 0 aromatic rings. The number of rotatable bonds is 4. The number of hydrogen-bond donors (Lipinski definition) is 2. The molecule has 0 aromatic carbocycles. The van der Waals surface area contributed by atoms with E-state index in [1.165, 1.54) is 0 Å². The maximum atomic E-state index is 10.9. The van der Waals surface area contributed by atoms with E-state index >= 15 is 0 Å². The Labute approximate surface area is 102 Å². The fraction of sp³-hybridized carbons (Fsp3) is 0.714. The van der Waals surface area contributed by atoms with Gasteiger partial charge in [-0.15, -0.1) is 23.3 Å². The summed E-state index contributed by atoms with van der Waals surface area (Å²) in [6, 6.07) is 0. The molecule has 0 radical (unpaired) electrons. The first-order valence-corrected chi connectivity index (χ1v) is 6.32. The van der Waals surface area contributed by atoms with Gasteiger partial charge in [0.1, 0.15) is 0 Å². The van der Waals surface area contributed by atoms with Crippen LogP contribution in [0.1, 0.15) is 13.8 Å². The molecule has 0 rings (SSSR count). The first-order chi connectivity index (χ1) is 6.63. The van der Waals surface area contributed by atoms with Crippen LogP contribution in [0.3, 0.4) is 0 Å². The molecule has 0 atom stereocenters. The highest BCUT2D eigenvalue weighted by atomic mass is 79.9. The van der Waals surface area contributed by atoms with E-state index in [-0.39, 0.29) is 13.2 Å². The van der Waals surface area contributed by atoms with Gasteiger partial charge in [0.05, 0.1) is 13.2 Å². The lowest BCUT2D eigenvalue weighted by Crippen LogP contribution is -2.28. The van der Waals surface area contributed by atoms with Gasteiger partial charge in [-0.3, -0.25) is 9.59 Å². The van der Waals surface area contributed by atoms with Crippen LogP contribution in [0.2, 0.25) is 0 Å². The van der Waals surface area contributed by atoms with E-state index in [2.05, 4.69) is 48.7 Å². The SMILES string of the molecule is CCOC(=O)C(Br)C(=O)OCC.SS. The molecule has 4 nitrogen and oxygen atoms in total. The second kappa shape index (κ2) is 11.2. The van der Waals surface area contributed by atoms with Crippen LogP contribution in [0.4, 0.5) is 0 Å². The second-order valence-corrected chi connectivity index (χ2v) is 2.78. The zero-order valence-corrected chi connectivity index (χ0v) is 11.3. The predicted octanol–water partition coefficient (Wildman–Crippen LogP) is 1.64. The van der Waals surface area contributed by atoms with Crippen molar-refractivity contribution in [2.45, 2.75) is 18.7 Å². The zero-order valence-electron chi connectivity index (χ0n) is 7.90. The minimum absolute atomic E-state index is 0.250. The molecule has 0 unspecified atom stereocenters. The lowest BCUT2D eigenvalue weighted by molar-refractivity contribution is -0.152. The van der Waals surface area contributed by atoms with Crippen molar-refractivity contribution in [3.63, 3.8) is 0 Å². The summed E-state index contributed by atoms with van der Waals surface area (Å²) in [7, 11) is 0. The van der Waals surface area contributed by atoms with Gasteiger partial charge in [-0.2, -0.15) is 0 Å². The number of carbonyl (C=O) groups is 2. The van der Waals surface area contributed by atoms with E-state index < -0.39 is 16.8 Å². The molecule has 0 fully saturated rings. The Balaban J connectivity index is 0. The topological polar surface area (TPSA) is 52.6 Å². The molecule has 0 saturated heterocycles. The molecule has 0 N–H and O–H groups in total. The van der Waals surface area contributed by atoms with Gasteiger partial charge in [0.25, 0.3) is 0 Å². The summed E-state index contributed by atoms with van der Waals surface area (Å²) in [4.78, 5) is 20.8. The fourth-order valence-electron chi connectivity index (χ4n) is 0.527. The highest BCUT2D eigenvalue weighted by molar-refractivity contribution is 9.10. The summed E-state index contributed by atoms with van der Waals surface area (Å²) >= 11 is 9.31. The Bertz CT molecular complexity index is 159. The predicted molar refractivity (Wildman–Crippen MR) is 64.0 cm³/mol. The number of ether oxygens (including phenoxy) is 2. The van der Waals surface area contributed by atoms with Gasteiger partial charge in [-0.25, -0.2) is 0 Å². The third-order valence-corrected chi connectivity index (χ3v) is 1.73. The highest BCUT2D eigenvalue weighted by Gasteiger charge is 2.25. The van der Waals surface area contributed by atoms with E-state index in [1.807, 2.05) is 0 Å². The highest BCUT2D eigenvalue weighted by Crippen LogP contribution is 2.04. The number of thiol groups is 2. The van der Waals surface area contributed by atoms with Crippen LogP contribution in [-0.2, 0) is 19.1 Å². The Morgan fingerprint density at radius 2 is 1.43 bits per heavy atom. The maximum Gasteiger partial charge on any atom is 0.331 e. The third kappa shape index (κ3) is 7.52. The summed E-state index contributed by atoms with van der Waals surface area (Å²) in [6.45, 7) is 3.84. The normalized spacial score (nSPS) is 8.71. The van der Waals surface area contributed by atoms with Crippen LogP contribution < -0.4 is 0 Å². The van der Waals surface area contributed by atoms with Gasteiger partial charge < -0.3 is 9.47 Å².